The summed E-state index contributed by atoms with van der Waals surface area (Å²) >= 11 is 0. The number of amides is 1. The zero-order valence-corrected chi connectivity index (χ0v) is 14.7. The normalized spacial score (nSPS) is 13.2. The lowest BCUT2D eigenvalue weighted by Gasteiger charge is -2.08. The number of hydrogen-bond donors (Lipinski definition) is 2. The van der Waals surface area contributed by atoms with E-state index >= 15 is 0 Å². The lowest BCUT2D eigenvalue weighted by Crippen LogP contribution is -2.26. The van der Waals surface area contributed by atoms with Crippen molar-refractivity contribution in [1.82, 2.24) is 10.0 Å². The van der Waals surface area contributed by atoms with Crippen molar-refractivity contribution in [2.24, 2.45) is 0 Å². The molecule has 0 spiro atoms. The van der Waals surface area contributed by atoms with Gasteiger partial charge in [-0.2, -0.15) is 0 Å². The van der Waals surface area contributed by atoms with Gasteiger partial charge in [-0.05, 0) is 47.9 Å². The summed E-state index contributed by atoms with van der Waals surface area (Å²) in [6.45, 7) is 1.01. The molecule has 0 saturated heterocycles. The van der Waals surface area contributed by atoms with E-state index in [1.165, 1.54) is 36.9 Å². The number of carbonyl (C=O) groups excluding carboxylic acids is 1. The number of nitrogens with one attached hydrogen (secondary N) is 2. The Labute approximate surface area is 147 Å². The molecule has 0 unspecified atom stereocenters. The summed E-state index contributed by atoms with van der Waals surface area (Å²) in [6.07, 6.45) is 1.50. The predicted molar refractivity (Wildman–Crippen MR) is 94.4 cm³/mol. The van der Waals surface area contributed by atoms with E-state index in [0.717, 1.165) is 17.7 Å². The van der Waals surface area contributed by atoms with Crippen LogP contribution in [0.2, 0.25) is 0 Å². The van der Waals surface area contributed by atoms with Gasteiger partial charge in [0.05, 0.1) is 11.5 Å². The zero-order chi connectivity index (χ0) is 17.9. The van der Waals surface area contributed by atoms with E-state index in [0.29, 0.717) is 25.1 Å². The largest absolute Gasteiger partial charge is 0.493 e. The molecule has 2 aromatic rings. The van der Waals surface area contributed by atoms with Crippen LogP contribution >= 0.6 is 0 Å². The van der Waals surface area contributed by atoms with Crippen LogP contribution < -0.4 is 14.8 Å². The molecule has 0 aromatic heterocycles. The van der Waals surface area contributed by atoms with Gasteiger partial charge in [-0.3, -0.25) is 4.79 Å². The first-order valence-electron chi connectivity index (χ1n) is 8.06. The SMILES string of the molecule is CNC(=O)c1ccc(S(=O)(=O)NCCc2ccc3c(c2)CCO3)cc1. The molecule has 1 aliphatic heterocycles. The lowest BCUT2D eigenvalue weighted by atomic mass is 10.1. The fraction of sp³-hybridized carbons (Fsp3) is 0.278. The topological polar surface area (TPSA) is 84.5 Å². The van der Waals surface area contributed by atoms with Crippen LogP contribution in [0.3, 0.4) is 0 Å². The van der Waals surface area contributed by atoms with E-state index < -0.39 is 10.0 Å². The molecule has 1 heterocycles. The molecule has 0 radical (unpaired) electrons. The number of ether oxygens (including phenoxy) is 1. The molecule has 0 fully saturated rings. The Balaban J connectivity index is 1.61. The third-order valence-corrected chi connectivity index (χ3v) is 5.59. The molecule has 0 saturated carbocycles. The van der Waals surface area contributed by atoms with Crippen LogP contribution in [0.1, 0.15) is 21.5 Å². The van der Waals surface area contributed by atoms with E-state index in [2.05, 4.69) is 16.1 Å². The fourth-order valence-electron chi connectivity index (χ4n) is 2.74. The number of fused-ring (bicyclic) bond motifs is 1. The van der Waals surface area contributed by atoms with Crippen LogP contribution in [0.15, 0.2) is 47.4 Å². The molecule has 3 rings (SSSR count). The molecule has 7 heteroatoms. The highest BCUT2D eigenvalue weighted by molar-refractivity contribution is 7.89. The van der Waals surface area contributed by atoms with Crippen LogP contribution in [0, 0.1) is 0 Å². The summed E-state index contributed by atoms with van der Waals surface area (Å²) < 4.78 is 32.7. The molecule has 132 valence electrons. The average molecular weight is 360 g/mol. The molecule has 0 aliphatic carbocycles. The summed E-state index contributed by atoms with van der Waals surface area (Å²) in [6, 6.07) is 11.8. The summed E-state index contributed by atoms with van der Waals surface area (Å²) in [4.78, 5) is 11.6. The Bertz CT molecular complexity index is 876. The zero-order valence-electron chi connectivity index (χ0n) is 13.9. The van der Waals surface area contributed by atoms with Crippen molar-refractivity contribution in [2.75, 3.05) is 20.2 Å². The Morgan fingerprint density at radius 3 is 2.64 bits per heavy atom. The number of carbonyl (C=O) groups is 1. The first-order chi connectivity index (χ1) is 12.0. The van der Waals surface area contributed by atoms with Gasteiger partial charge in [-0.25, -0.2) is 13.1 Å². The molecular formula is C18H20N2O4S. The van der Waals surface area contributed by atoms with Gasteiger partial charge < -0.3 is 10.1 Å². The van der Waals surface area contributed by atoms with E-state index in [-0.39, 0.29) is 10.8 Å². The van der Waals surface area contributed by atoms with Crippen molar-refractivity contribution >= 4 is 15.9 Å². The molecule has 6 nitrogen and oxygen atoms in total. The second-order valence-electron chi connectivity index (χ2n) is 5.79. The van der Waals surface area contributed by atoms with Gasteiger partial charge in [0.15, 0.2) is 0 Å². The van der Waals surface area contributed by atoms with Crippen LogP contribution in [0.4, 0.5) is 0 Å². The summed E-state index contributed by atoms with van der Waals surface area (Å²) in [5, 5.41) is 2.50. The predicted octanol–water partition coefficient (Wildman–Crippen LogP) is 1.50. The fourth-order valence-corrected chi connectivity index (χ4v) is 3.77. The molecule has 0 bridgehead atoms. The van der Waals surface area contributed by atoms with Crippen molar-refractivity contribution in [3.05, 3.63) is 59.2 Å². The minimum absolute atomic E-state index is 0.141. The number of sulfonamides is 1. The number of benzene rings is 2. The standard InChI is InChI=1S/C18H20N2O4S/c1-19-18(21)14-3-5-16(6-4-14)25(22,23)20-10-8-13-2-7-17-15(12-13)9-11-24-17/h2-7,12,20H,8-11H2,1H3,(H,19,21). The van der Waals surface area contributed by atoms with E-state index in [1.807, 2.05) is 12.1 Å². The van der Waals surface area contributed by atoms with Gasteiger partial charge in [0.1, 0.15) is 5.75 Å². The van der Waals surface area contributed by atoms with Crippen LogP contribution in [0.5, 0.6) is 5.75 Å². The van der Waals surface area contributed by atoms with E-state index in [1.54, 1.807) is 0 Å². The minimum atomic E-state index is -3.60. The summed E-state index contributed by atoms with van der Waals surface area (Å²) in [5.41, 5.74) is 2.66. The molecule has 0 atom stereocenters. The first kappa shape index (κ1) is 17.4. The minimum Gasteiger partial charge on any atom is -0.493 e. The van der Waals surface area contributed by atoms with E-state index in [9.17, 15) is 13.2 Å². The van der Waals surface area contributed by atoms with Gasteiger partial charge in [-0.15, -0.1) is 0 Å². The van der Waals surface area contributed by atoms with Crippen molar-refractivity contribution in [3.63, 3.8) is 0 Å². The maximum absolute atomic E-state index is 12.3. The van der Waals surface area contributed by atoms with Gasteiger partial charge in [0, 0.05) is 25.6 Å². The quantitative estimate of drug-likeness (QED) is 0.818. The highest BCUT2D eigenvalue weighted by Gasteiger charge is 2.15. The molecule has 2 N–H and O–H groups in total. The summed E-state index contributed by atoms with van der Waals surface area (Å²) in [5.74, 6) is 0.665. The first-order valence-corrected chi connectivity index (χ1v) is 9.54. The average Bonchev–Trinajstić information content (AvgIpc) is 3.09. The Hall–Kier alpha value is -2.38. The number of hydrogen-bond acceptors (Lipinski definition) is 4. The van der Waals surface area contributed by atoms with Crippen LogP contribution in [-0.2, 0) is 22.9 Å². The van der Waals surface area contributed by atoms with Crippen LogP contribution in [0.25, 0.3) is 0 Å². The van der Waals surface area contributed by atoms with Crippen LogP contribution in [-0.4, -0.2) is 34.5 Å². The molecule has 1 aliphatic rings. The Morgan fingerprint density at radius 1 is 1.16 bits per heavy atom. The highest BCUT2D eigenvalue weighted by Crippen LogP contribution is 2.25. The Morgan fingerprint density at radius 2 is 1.92 bits per heavy atom. The van der Waals surface area contributed by atoms with Gasteiger partial charge in [0.2, 0.25) is 10.0 Å². The number of rotatable bonds is 6. The second-order valence-corrected chi connectivity index (χ2v) is 7.56. The van der Waals surface area contributed by atoms with Crippen molar-refractivity contribution in [3.8, 4) is 5.75 Å². The van der Waals surface area contributed by atoms with E-state index in [4.69, 9.17) is 4.74 Å². The third-order valence-electron chi connectivity index (χ3n) is 4.11. The monoisotopic (exact) mass is 360 g/mol. The second kappa shape index (κ2) is 7.25. The molecule has 2 aromatic carbocycles. The maximum atomic E-state index is 12.3. The molecule has 1 amide bonds. The highest BCUT2D eigenvalue weighted by atomic mass is 32.2. The smallest absolute Gasteiger partial charge is 0.251 e. The van der Waals surface area contributed by atoms with Gasteiger partial charge >= 0.3 is 0 Å². The van der Waals surface area contributed by atoms with Gasteiger partial charge in [-0.1, -0.05) is 12.1 Å². The van der Waals surface area contributed by atoms with Crippen molar-refractivity contribution < 1.29 is 17.9 Å². The maximum Gasteiger partial charge on any atom is 0.251 e. The lowest BCUT2D eigenvalue weighted by molar-refractivity contribution is 0.0963. The third kappa shape index (κ3) is 4.00. The summed E-state index contributed by atoms with van der Waals surface area (Å²) in [7, 11) is -2.07. The van der Waals surface area contributed by atoms with Crippen molar-refractivity contribution in [1.29, 1.82) is 0 Å². The van der Waals surface area contributed by atoms with Gasteiger partial charge in [0.25, 0.3) is 5.91 Å². The molecule has 25 heavy (non-hydrogen) atoms. The molecular weight excluding hydrogens is 340 g/mol. The van der Waals surface area contributed by atoms with Crippen molar-refractivity contribution in [2.45, 2.75) is 17.7 Å². The Kier molecular flexibility index (Phi) is 5.06.